The van der Waals surface area contributed by atoms with E-state index in [0.29, 0.717) is 5.69 Å². The van der Waals surface area contributed by atoms with Gasteiger partial charge < -0.3 is 15.3 Å². The number of anilines is 1. The van der Waals surface area contributed by atoms with Gasteiger partial charge in [-0.2, -0.15) is 13.9 Å². The molecule has 0 aromatic carbocycles. The van der Waals surface area contributed by atoms with E-state index in [9.17, 15) is 27.5 Å². The van der Waals surface area contributed by atoms with Gasteiger partial charge in [0.2, 0.25) is 0 Å². The van der Waals surface area contributed by atoms with Crippen molar-refractivity contribution in [2.75, 3.05) is 12.0 Å². The quantitative estimate of drug-likeness (QED) is 0.481. The van der Waals surface area contributed by atoms with Crippen LogP contribution in [0.15, 0.2) is 16.9 Å². The van der Waals surface area contributed by atoms with E-state index in [1.54, 1.807) is 6.92 Å². The van der Waals surface area contributed by atoms with Crippen LogP contribution in [0.5, 0.6) is 0 Å². The van der Waals surface area contributed by atoms with E-state index < -0.39 is 61.2 Å². The van der Waals surface area contributed by atoms with Crippen molar-refractivity contribution in [2.24, 2.45) is 0 Å². The number of alkyl halides is 3. The lowest BCUT2D eigenvalue weighted by molar-refractivity contribution is -0.0474. The van der Waals surface area contributed by atoms with Crippen LogP contribution in [0.4, 0.5) is 28.0 Å². The van der Waals surface area contributed by atoms with Crippen molar-refractivity contribution in [3.05, 3.63) is 39.6 Å². The molecule has 0 saturated heterocycles. The fourth-order valence-corrected chi connectivity index (χ4v) is 4.40. The number of carbonyl (C=O) groups is 1. The SMILES string of the molecule is C[C@@H]1Cc2nn3c(c2CN1C(=O)Nc1ccnc(Br)c1F)C(F)(F)CC[C@@](O)(CF)C3. The zero-order valence-corrected chi connectivity index (χ0v) is 18.1. The second-order valence-electron chi connectivity index (χ2n) is 8.07. The second kappa shape index (κ2) is 7.73. The molecular weight excluding hydrogens is 486 g/mol. The summed E-state index contributed by atoms with van der Waals surface area (Å²) in [6.07, 6.45) is 0.356. The van der Waals surface area contributed by atoms with E-state index in [2.05, 4.69) is 31.3 Å². The average molecular weight is 506 g/mol. The van der Waals surface area contributed by atoms with Gasteiger partial charge in [0.05, 0.1) is 24.5 Å². The first kappa shape index (κ1) is 22.0. The number of pyridine rings is 1. The third-order valence-corrected chi connectivity index (χ3v) is 6.33. The summed E-state index contributed by atoms with van der Waals surface area (Å²) in [6.45, 7) is 0.000415. The number of amides is 2. The molecule has 0 spiro atoms. The predicted octanol–water partition coefficient (Wildman–Crippen LogP) is 3.74. The van der Waals surface area contributed by atoms with Crippen LogP contribution in [-0.2, 0) is 25.4 Å². The number of rotatable bonds is 2. The highest BCUT2D eigenvalue weighted by molar-refractivity contribution is 9.10. The molecule has 2 aromatic rings. The van der Waals surface area contributed by atoms with Crippen LogP contribution in [0.1, 0.15) is 36.7 Å². The summed E-state index contributed by atoms with van der Waals surface area (Å²) in [4.78, 5) is 17.9. The molecule has 0 saturated carbocycles. The van der Waals surface area contributed by atoms with E-state index in [4.69, 9.17) is 0 Å². The van der Waals surface area contributed by atoms with E-state index in [-0.39, 0.29) is 28.8 Å². The molecule has 4 rings (SSSR count). The van der Waals surface area contributed by atoms with E-state index in [0.717, 1.165) is 4.68 Å². The van der Waals surface area contributed by atoms with Crippen molar-refractivity contribution in [3.63, 3.8) is 0 Å². The Hall–Kier alpha value is -2.21. The third kappa shape index (κ3) is 3.91. The van der Waals surface area contributed by atoms with Gasteiger partial charge in [0.1, 0.15) is 22.6 Å². The number of hydrogen-bond acceptors (Lipinski definition) is 4. The number of urea groups is 1. The van der Waals surface area contributed by atoms with Gasteiger partial charge in [-0.05, 0) is 35.3 Å². The molecule has 0 radical (unpaired) electrons. The minimum Gasteiger partial charge on any atom is -0.385 e. The van der Waals surface area contributed by atoms with Crippen molar-refractivity contribution in [3.8, 4) is 0 Å². The van der Waals surface area contributed by atoms with Crippen LogP contribution in [-0.4, -0.2) is 49.1 Å². The molecule has 0 fully saturated rings. The zero-order chi connectivity index (χ0) is 22.6. The van der Waals surface area contributed by atoms with E-state index >= 15 is 0 Å². The largest absolute Gasteiger partial charge is 0.385 e. The highest BCUT2D eigenvalue weighted by atomic mass is 79.9. The summed E-state index contributed by atoms with van der Waals surface area (Å²) in [6, 6.07) is 0.219. The van der Waals surface area contributed by atoms with E-state index in [1.807, 2.05) is 0 Å². The lowest BCUT2D eigenvalue weighted by atomic mass is 9.94. The molecule has 0 unspecified atom stereocenters. The summed E-state index contributed by atoms with van der Waals surface area (Å²) >= 11 is 2.94. The minimum absolute atomic E-state index is 0.0683. The Morgan fingerprint density at radius 2 is 2.16 bits per heavy atom. The third-order valence-electron chi connectivity index (χ3n) is 5.78. The number of fused-ring (bicyclic) bond motifs is 3. The van der Waals surface area contributed by atoms with Crippen molar-refractivity contribution in [2.45, 2.75) is 56.8 Å². The van der Waals surface area contributed by atoms with Gasteiger partial charge in [0.25, 0.3) is 5.92 Å². The molecule has 31 heavy (non-hydrogen) atoms. The van der Waals surface area contributed by atoms with Gasteiger partial charge >= 0.3 is 6.03 Å². The van der Waals surface area contributed by atoms with Crippen molar-refractivity contribution in [1.82, 2.24) is 19.7 Å². The monoisotopic (exact) mass is 505 g/mol. The Labute approximate surface area is 183 Å². The van der Waals surface area contributed by atoms with Crippen molar-refractivity contribution < 1.29 is 27.5 Å². The fraction of sp³-hybridized carbons (Fsp3) is 0.526. The molecule has 2 aliphatic rings. The molecule has 0 bridgehead atoms. The molecule has 7 nitrogen and oxygen atoms in total. The maximum Gasteiger partial charge on any atom is 0.322 e. The number of aromatic nitrogens is 3. The molecule has 2 aromatic heterocycles. The number of aliphatic hydroxyl groups is 1. The van der Waals surface area contributed by atoms with Gasteiger partial charge in [0.15, 0.2) is 5.82 Å². The lowest BCUT2D eigenvalue weighted by Crippen LogP contribution is -2.45. The second-order valence-corrected chi connectivity index (χ2v) is 8.82. The van der Waals surface area contributed by atoms with Gasteiger partial charge in [0, 0.05) is 30.6 Å². The van der Waals surface area contributed by atoms with E-state index in [1.165, 1.54) is 17.2 Å². The highest BCUT2D eigenvalue weighted by Crippen LogP contribution is 2.43. The number of hydrogen-bond donors (Lipinski definition) is 2. The van der Waals surface area contributed by atoms with Crippen LogP contribution in [0.2, 0.25) is 0 Å². The summed E-state index contributed by atoms with van der Waals surface area (Å²) < 4.78 is 58.3. The molecule has 2 amide bonds. The van der Waals surface area contributed by atoms with Crippen LogP contribution >= 0.6 is 15.9 Å². The normalized spacial score (nSPS) is 24.9. The number of halogens is 5. The molecular formula is C19H20BrF4N5O2. The molecule has 2 N–H and O–H groups in total. The summed E-state index contributed by atoms with van der Waals surface area (Å²) in [5.74, 6) is -4.09. The summed E-state index contributed by atoms with van der Waals surface area (Å²) in [5, 5.41) is 17.0. The molecule has 2 atom stereocenters. The van der Waals surface area contributed by atoms with Crippen LogP contribution in [0, 0.1) is 5.82 Å². The van der Waals surface area contributed by atoms with Gasteiger partial charge in [-0.1, -0.05) is 0 Å². The fourth-order valence-electron chi connectivity index (χ4n) is 4.07. The maximum absolute atomic E-state index is 15.0. The predicted molar refractivity (Wildman–Crippen MR) is 106 cm³/mol. The Balaban J connectivity index is 1.66. The topological polar surface area (TPSA) is 83.3 Å². The summed E-state index contributed by atoms with van der Waals surface area (Å²) in [5.41, 5.74) is -1.87. The molecule has 4 heterocycles. The van der Waals surface area contributed by atoms with Crippen molar-refractivity contribution in [1.29, 1.82) is 0 Å². The highest BCUT2D eigenvalue weighted by Gasteiger charge is 2.48. The standard InChI is InChI=1S/C19H20BrF4N5O2/c1-10-6-13-11(7-28(10)17(30)26-12-2-5-25-16(20)14(12)22)15-19(23,24)4-3-18(31,8-21)9-29(15)27-13/h2,5,10,31H,3-4,6-9H2,1H3,(H,25,26,30)/t10-,18-/m1/s1. The number of nitrogens with one attached hydrogen (secondary N) is 1. The first-order chi connectivity index (χ1) is 14.5. The molecule has 0 aliphatic carbocycles. The average Bonchev–Trinajstić information content (AvgIpc) is 3.01. The Morgan fingerprint density at radius 3 is 2.87 bits per heavy atom. The summed E-state index contributed by atoms with van der Waals surface area (Å²) in [7, 11) is 0. The Kier molecular flexibility index (Phi) is 5.49. The smallest absolute Gasteiger partial charge is 0.322 e. The zero-order valence-electron chi connectivity index (χ0n) is 16.5. The van der Waals surface area contributed by atoms with Crippen LogP contribution < -0.4 is 5.32 Å². The van der Waals surface area contributed by atoms with Crippen molar-refractivity contribution >= 4 is 27.6 Å². The maximum atomic E-state index is 15.0. The van der Waals surface area contributed by atoms with Crippen LogP contribution in [0.3, 0.4) is 0 Å². The van der Waals surface area contributed by atoms with Gasteiger partial charge in [-0.15, -0.1) is 0 Å². The van der Waals surface area contributed by atoms with Gasteiger partial charge in [-0.3, -0.25) is 4.68 Å². The molecule has 168 valence electrons. The Bertz CT molecular complexity index is 1030. The molecule has 2 aliphatic heterocycles. The number of carbonyl (C=O) groups excluding carboxylic acids is 1. The molecule has 12 heteroatoms. The number of nitrogens with zero attached hydrogens (tertiary/aromatic N) is 4. The van der Waals surface area contributed by atoms with Crippen LogP contribution in [0.25, 0.3) is 0 Å². The first-order valence-corrected chi connectivity index (χ1v) is 10.5. The van der Waals surface area contributed by atoms with Gasteiger partial charge in [-0.25, -0.2) is 18.6 Å². The first-order valence-electron chi connectivity index (χ1n) is 9.67. The lowest BCUT2D eigenvalue weighted by Gasteiger charge is -2.33. The minimum atomic E-state index is -3.34. The Morgan fingerprint density at radius 1 is 1.42 bits per heavy atom.